The minimum Gasteiger partial charge on any atom is -0.505 e. The van der Waals surface area contributed by atoms with Crippen molar-refractivity contribution in [2.24, 2.45) is 0 Å². The summed E-state index contributed by atoms with van der Waals surface area (Å²) in [5.74, 6) is -0.815. The Labute approximate surface area is 96.7 Å². The second-order valence-corrected chi connectivity index (χ2v) is 4.01. The van der Waals surface area contributed by atoms with Gasteiger partial charge in [-0.1, -0.05) is 26.3 Å². The summed E-state index contributed by atoms with van der Waals surface area (Å²) in [4.78, 5) is 2.27. The summed E-state index contributed by atoms with van der Waals surface area (Å²) in [5.41, 5.74) is 0.910. The number of hydrogen-bond donors (Lipinski definition) is 1. The van der Waals surface area contributed by atoms with Crippen molar-refractivity contribution in [2.75, 3.05) is 13.1 Å². The lowest BCUT2D eigenvalue weighted by Gasteiger charge is -2.20. The maximum absolute atomic E-state index is 13.1. The minimum absolute atomic E-state index is 0.277. The van der Waals surface area contributed by atoms with Gasteiger partial charge >= 0.3 is 0 Å². The van der Waals surface area contributed by atoms with E-state index in [1.165, 1.54) is 18.6 Å². The molecule has 0 unspecified atom stereocenters. The zero-order valence-electron chi connectivity index (χ0n) is 10.0. The van der Waals surface area contributed by atoms with Gasteiger partial charge in [-0.05, 0) is 37.2 Å². The lowest BCUT2D eigenvalue weighted by atomic mass is 10.2. The lowest BCUT2D eigenvalue weighted by Crippen LogP contribution is -2.23. The zero-order valence-corrected chi connectivity index (χ0v) is 10.0. The number of nitrogens with zero attached hydrogens (tertiary/aromatic N) is 1. The van der Waals surface area contributed by atoms with E-state index in [1.54, 1.807) is 6.07 Å². The molecule has 1 aromatic rings. The number of benzene rings is 1. The van der Waals surface area contributed by atoms with Crippen LogP contribution in [0, 0.1) is 5.82 Å². The van der Waals surface area contributed by atoms with E-state index in [9.17, 15) is 4.39 Å². The Kier molecular flexibility index (Phi) is 5.26. The van der Waals surface area contributed by atoms with Gasteiger partial charge in [0.15, 0.2) is 11.6 Å². The highest BCUT2D eigenvalue weighted by Crippen LogP contribution is 2.17. The molecule has 0 aliphatic rings. The molecule has 1 N–H and O–H groups in total. The average molecular weight is 225 g/mol. The summed E-state index contributed by atoms with van der Waals surface area (Å²) in [5, 5.41) is 9.09. The van der Waals surface area contributed by atoms with Crippen LogP contribution < -0.4 is 0 Å². The van der Waals surface area contributed by atoms with E-state index in [0.29, 0.717) is 0 Å². The van der Waals surface area contributed by atoms with Crippen LogP contribution in [0.4, 0.5) is 4.39 Å². The smallest absolute Gasteiger partial charge is 0.165 e. The maximum atomic E-state index is 13.1. The molecular weight excluding hydrogens is 205 g/mol. The standard InChI is InChI=1S/C13H20FNO/c1-3-5-8-15(4-2)10-11-6-7-13(16)12(14)9-11/h6-7,9,16H,3-5,8,10H2,1-2H3. The molecule has 0 fully saturated rings. The molecule has 1 aromatic carbocycles. The normalized spacial score (nSPS) is 11.0. The molecule has 2 nitrogen and oxygen atoms in total. The molecule has 0 saturated carbocycles. The summed E-state index contributed by atoms with van der Waals surface area (Å²) in [6.07, 6.45) is 2.33. The summed E-state index contributed by atoms with van der Waals surface area (Å²) >= 11 is 0. The SMILES string of the molecule is CCCCN(CC)Cc1ccc(O)c(F)c1. The van der Waals surface area contributed by atoms with Crippen molar-refractivity contribution in [1.82, 2.24) is 4.90 Å². The number of unbranched alkanes of at least 4 members (excludes halogenated alkanes) is 1. The number of phenolic OH excluding ortho intramolecular Hbond substituents is 1. The van der Waals surface area contributed by atoms with Gasteiger partial charge < -0.3 is 5.11 Å². The maximum Gasteiger partial charge on any atom is 0.165 e. The first-order chi connectivity index (χ1) is 7.67. The van der Waals surface area contributed by atoms with Crippen LogP contribution >= 0.6 is 0 Å². The van der Waals surface area contributed by atoms with Crippen LogP contribution in [0.25, 0.3) is 0 Å². The molecular formula is C13H20FNO. The van der Waals surface area contributed by atoms with Crippen LogP contribution in [0.3, 0.4) is 0 Å². The Morgan fingerprint density at radius 3 is 2.62 bits per heavy atom. The second-order valence-electron chi connectivity index (χ2n) is 4.01. The van der Waals surface area contributed by atoms with E-state index < -0.39 is 5.82 Å². The summed E-state index contributed by atoms with van der Waals surface area (Å²) in [6.45, 7) is 7.01. The minimum atomic E-state index is -0.538. The number of halogens is 1. The Morgan fingerprint density at radius 1 is 1.31 bits per heavy atom. The first kappa shape index (κ1) is 13.0. The molecule has 0 aliphatic carbocycles. The average Bonchev–Trinajstić information content (AvgIpc) is 2.29. The third-order valence-corrected chi connectivity index (χ3v) is 2.69. The van der Waals surface area contributed by atoms with E-state index in [1.807, 2.05) is 0 Å². The van der Waals surface area contributed by atoms with Gasteiger partial charge in [0.1, 0.15) is 0 Å². The van der Waals surface area contributed by atoms with Gasteiger partial charge in [-0.25, -0.2) is 4.39 Å². The topological polar surface area (TPSA) is 23.5 Å². The fourth-order valence-corrected chi connectivity index (χ4v) is 1.64. The Morgan fingerprint density at radius 2 is 2.06 bits per heavy atom. The van der Waals surface area contributed by atoms with Crippen molar-refractivity contribution in [3.63, 3.8) is 0 Å². The molecule has 0 amide bonds. The predicted octanol–water partition coefficient (Wildman–Crippen LogP) is 3.15. The van der Waals surface area contributed by atoms with Crippen molar-refractivity contribution in [1.29, 1.82) is 0 Å². The number of phenols is 1. The van der Waals surface area contributed by atoms with Crippen LogP contribution in [0.2, 0.25) is 0 Å². The molecule has 0 bridgehead atoms. The van der Waals surface area contributed by atoms with Gasteiger partial charge in [0.05, 0.1) is 0 Å². The molecule has 0 saturated heterocycles. The van der Waals surface area contributed by atoms with Gasteiger partial charge in [-0.15, -0.1) is 0 Å². The molecule has 3 heteroatoms. The monoisotopic (exact) mass is 225 g/mol. The third-order valence-electron chi connectivity index (χ3n) is 2.69. The van der Waals surface area contributed by atoms with Crippen LogP contribution in [-0.4, -0.2) is 23.1 Å². The molecule has 0 heterocycles. The zero-order chi connectivity index (χ0) is 12.0. The largest absolute Gasteiger partial charge is 0.505 e. The summed E-state index contributed by atoms with van der Waals surface area (Å²) in [7, 11) is 0. The number of hydrogen-bond acceptors (Lipinski definition) is 2. The van der Waals surface area contributed by atoms with E-state index in [2.05, 4.69) is 18.7 Å². The fraction of sp³-hybridized carbons (Fsp3) is 0.538. The van der Waals surface area contributed by atoms with Crippen molar-refractivity contribution >= 4 is 0 Å². The lowest BCUT2D eigenvalue weighted by molar-refractivity contribution is 0.275. The third kappa shape index (κ3) is 3.81. The highest BCUT2D eigenvalue weighted by Gasteiger charge is 2.06. The second kappa shape index (κ2) is 6.48. The van der Waals surface area contributed by atoms with Gasteiger partial charge in [0, 0.05) is 6.54 Å². The van der Waals surface area contributed by atoms with Crippen LogP contribution in [0.5, 0.6) is 5.75 Å². The van der Waals surface area contributed by atoms with Crippen molar-refractivity contribution in [3.8, 4) is 5.75 Å². The van der Waals surface area contributed by atoms with E-state index in [-0.39, 0.29) is 5.75 Å². The summed E-state index contributed by atoms with van der Waals surface area (Å²) in [6, 6.07) is 4.59. The van der Waals surface area contributed by atoms with Gasteiger partial charge in [0.2, 0.25) is 0 Å². The van der Waals surface area contributed by atoms with Crippen molar-refractivity contribution in [2.45, 2.75) is 33.2 Å². The number of rotatable bonds is 6. The quantitative estimate of drug-likeness (QED) is 0.804. The van der Waals surface area contributed by atoms with Crippen LogP contribution in [-0.2, 0) is 6.54 Å². The van der Waals surface area contributed by atoms with Crippen LogP contribution in [0.15, 0.2) is 18.2 Å². The molecule has 0 aromatic heterocycles. The molecule has 0 aliphatic heterocycles. The van der Waals surface area contributed by atoms with E-state index >= 15 is 0 Å². The Hall–Kier alpha value is -1.09. The van der Waals surface area contributed by atoms with Gasteiger partial charge in [0.25, 0.3) is 0 Å². The van der Waals surface area contributed by atoms with Crippen molar-refractivity contribution < 1.29 is 9.50 Å². The highest BCUT2D eigenvalue weighted by atomic mass is 19.1. The van der Waals surface area contributed by atoms with E-state index in [0.717, 1.165) is 31.6 Å². The molecule has 90 valence electrons. The first-order valence-corrected chi connectivity index (χ1v) is 5.87. The molecule has 0 radical (unpaired) electrons. The molecule has 0 spiro atoms. The molecule has 0 atom stereocenters. The predicted molar refractivity (Wildman–Crippen MR) is 63.9 cm³/mol. The summed E-state index contributed by atoms with van der Waals surface area (Å²) < 4.78 is 13.1. The van der Waals surface area contributed by atoms with Gasteiger partial charge in [-0.2, -0.15) is 0 Å². The fourth-order valence-electron chi connectivity index (χ4n) is 1.64. The van der Waals surface area contributed by atoms with E-state index in [4.69, 9.17) is 5.11 Å². The van der Waals surface area contributed by atoms with Crippen LogP contribution in [0.1, 0.15) is 32.3 Å². The number of aromatic hydroxyl groups is 1. The first-order valence-electron chi connectivity index (χ1n) is 5.87. The molecule has 16 heavy (non-hydrogen) atoms. The molecule has 1 rings (SSSR count). The Bertz CT molecular complexity index is 328. The van der Waals surface area contributed by atoms with Crippen molar-refractivity contribution in [3.05, 3.63) is 29.6 Å². The Balaban J connectivity index is 2.59. The van der Waals surface area contributed by atoms with Gasteiger partial charge in [-0.3, -0.25) is 4.90 Å². The highest BCUT2D eigenvalue weighted by molar-refractivity contribution is 5.27.